The summed E-state index contributed by atoms with van der Waals surface area (Å²) in [5.41, 5.74) is 1.16. The SMILES string of the molecule is COc1cc(Nc2nccc(N(C(=O)O)c3ccccc3)n2)ccc1OCCN(C)C. The molecule has 3 aromatic rings. The zero-order valence-corrected chi connectivity index (χ0v) is 17.6. The maximum absolute atomic E-state index is 11.8. The van der Waals surface area contributed by atoms with Gasteiger partial charge in [0.15, 0.2) is 11.5 Å². The first kappa shape index (κ1) is 21.8. The third kappa shape index (κ3) is 5.83. The van der Waals surface area contributed by atoms with Gasteiger partial charge in [-0.1, -0.05) is 18.2 Å². The smallest absolute Gasteiger partial charge is 0.417 e. The van der Waals surface area contributed by atoms with Gasteiger partial charge in [0.2, 0.25) is 5.95 Å². The number of rotatable bonds is 9. The molecule has 0 aliphatic rings. The molecule has 0 bridgehead atoms. The van der Waals surface area contributed by atoms with Crippen LogP contribution in [0.2, 0.25) is 0 Å². The van der Waals surface area contributed by atoms with E-state index in [0.717, 1.165) is 11.4 Å². The second-order valence-corrected chi connectivity index (χ2v) is 6.83. The van der Waals surface area contributed by atoms with Gasteiger partial charge in [0.1, 0.15) is 12.4 Å². The fourth-order valence-corrected chi connectivity index (χ4v) is 2.78. The topological polar surface area (TPSA) is 100 Å². The number of likely N-dealkylation sites (N-methyl/N-ethyl adjacent to an activating group) is 1. The summed E-state index contributed by atoms with van der Waals surface area (Å²) in [4.78, 5) is 23.5. The van der Waals surface area contributed by atoms with Crippen LogP contribution < -0.4 is 19.7 Å². The molecule has 3 rings (SSSR count). The van der Waals surface area contributed by atoms with Crippen LogP contribution in [0.15, 0.2) is 60.8 Å². The molecular weight excluding hydrogens is 398 g/mol. The van der Waals surface area contributed by atoms with Crippen molar-refractivity contribution >= 4 is 29.2 Å². The summed E-state index contributed by atoms with van der Waals surface area (Å²) in [5, 5.41) is 12.8. The summed E-state index contributed by atoms with van der Waals surface area (Å²) < 4.78 is 11.2. The molecular formula is C22H25N5O4. The summed E-state index contributed by atoms with van der Waals surface area (Å²) in [6.07, 6.45) is 0.358. The molecule has 0 spiro atoms. The van der Waals surface area contributed by atoms with Gasteiger partial charge in [0.05, 0.1) is 12.8 Å². The lowest BCUT2D eigenvalue weighted by Gasteiger charge is -2.19. The Hall–Kier alpha value is -3.85. The molecule has 1 aromatic heterocycles. The van der Waals surface area contributed by atoms with Crippen molar-refractivity contribution in [2.24, 2.45) is 0 Å². The highest BCUT2D eigenvalue weighted by Crippen LogP contribution is 2.31. The van der Waals surface area contributed by atoms with Gasteiger partial charge in [0.25, 0.3) is 0 Å². The molecule has 162 valence electrons. The highest BCUT2D eigenvalue weighted by Gasteiger charge is 2.18. The Balaban J connectivity index is 1.79. The van der Waals surface area contributed by atoms with Gasteiger partial charge < -0.3 is 24.8 Å². The van der Waals surface area contributed by atoms with Crippen LogP contribution in [0.25, 0.3) is 0 Å². The van der Waals surface area contributed by atoms with Crippen LogP contribution in [0.5, 0.6) is 11.5 Å². The van der Waals surface area contributed by atoms with E-state index < -0.39 is 6.09 Å². The van der Waals surface area contributed by atoms with Crippen LogP contribution in [0.4, 0.5) is 27.9 Å². The molecule has 2 aromatic carbocycles. The molecule has 1 heterocycles. The lowest BCUT2D eigenvalue weighted by atomic mass is 10.2. The number of amides is 1. The monoisotopic (exact) mass is 423 g/mol. The Morgan fingerprint density at radius 1 is 1.10 bits per heavy atom. The second-order valence-electron chi connectivity index (χ2n) is 6.83. The van der Waals surface area contributed by atoms with Crippen LogP contribution in [0, 0.1) is 0 Å². The standard InChI is InChI=1S/C22H25N5O4/c1-26(2)13-14-31-18-10-9-16(15-19(18)30-3)24-21-23-12-11-20(25-21)27(22(28)29)17-7-5-4-6-8-17/h4-12,15H,13-14H2,1-3H3,(H,28,29)(H,23,24,25). The molecule has 0 saturated carbocycles. The highest BCUT2D eigenvalue weighted by atomic mass is 16.5. The molecule has 0 radical (unpaired) electrons. The van der Waals surface area contributed by atoms with Gasteiger partial charge in [-0.3, -0.25) is 0 Å². The normalized spacial score (nSPS) is 10.6. The predicted molar refractivity (Wildman–Crippen MR) is 119 cm³/mol. The average molecular weight is 423 g/mol. The number of anilines is 4. The number of ether oxygens (including phenoxy) is 2. The summed E-state index contributed by atoms with van der Waals surface area (Å²) in [7, 11) is 5.52. The van der Waals surface area contributed by atoms with Gasteiger partial charge in [-0.2, -0.15) is 4.98 Å². The predicted octanol–water partition coefficient (Wildman–Crippen LogP) is 3.99. The first-order valence-corrected chi connectivity index (χ1v) is 9.61. The fraction of sp³-hybridized carbons (Fsp3) is 0.227. The first-order chi connectivity index (χ1) is 15.0. The zero-order valence-electron chi connectivity index (χ0n) is 17.6. The van der Waals surface area contributed by atoms with Crippen molar-refractivity contribution in [3.63, 3.8) is 0 Å². The van der Waals surface area contributed by atoms with E-state index >= 15 is 0 Å². The summed E-state index contributed by atoms with van der Waals surface area (Å²) in [5.74, 6) is 1.68. The van der Waals surface area contributed by atoms with Gasteiger partial charge in [-0.25, -0.2) is 14.7 Å². The Kier molecular flexibility index (Phi) is 7.23. The van der Waals surface area contributed by atoms with E-state index in [1.54, 1.807) is 43.5 Å². The third-order valence-corrected chi connectivity index (χ3v) is 4.29. The third-order valence-electron chi connectivity index (χ3n) is 4.29. The summed E-state index contributed by atoms with van der Waals surface area (Å²) in [6, 6.07) is 15.7. The lowest BCUT2D eigenvalue weighted by molar-refractivity contribution is 0.204. The summed E-state index contributed by atoms with van der Waals surface area (Å²) >= 11 is 0. The van der Waals surface area contributed by atoms with Gasteiger partial charge >= 0.3 is 6.09 Å². The molecule has 9 nitrogen and oxygen atoms in total. The number of para-hydroxylation sites is 1. The first-order valence-electron chi connectivity index (χ1n) is 9.61. The zero-order chi connectivity index (χ0) is 22.2. The van der Waals surface area contributed by atoms with E-state index in [-0.39, 0.29) is 11.8 Å². The number of methoxy groups -OCH3 is 1. The van der Waals surface area contributed by atoms with E-state index in [0.29, 0.717) is 29.5 Å². The van der Waals surface area contributed by atoms with Crippen molar-refractivity contribution in [1.82, 2.24) is 14.9 Å². The van der Waals surface area contributed by atoms with E-state index in [4.69, 9.17) is 9.47 Å². The van der Waals surface area contributed by atoms with Gasteiger partial charge in [0, 0.05) is 30.6 Å². The molecule has 2 N–H and O–H groups in total. The van der Waals surface area contributed by atoms with E-state index in [9.17, 15) is 9.90 Å². The van der Waals surface area contributed by atoms with Crippen LogP contribution in [-0.4, -0.2) is 60.4 Å². The Morgan fingerprint density at radius 2 is 1.87 bits per heavy atom. The molecule has 31 heavy (non-hydrogen) atoms. The van der Waals surface area contributed by atoms with E-state index in [1.807, 2.05) is 31.1 Å². The number of benzene rings is 2. The largest absolute Gasteiger partial charge is 0.493 e. The average Bonchev–Trinajstić information content (AvgIpc) is 2.75. The number of hydrogen-bond acceptors (Lipinski definition) is 7. The molecule has 0 atom stereocenters. The number of hydrogen-bond donors (Lipinski definition) is 2. The Labute approximate surface area is 180 Å². The van der Waals surface area contributed by atoms with E-state index in [1.165, 1.54) is 12.3 Å². The number of carbonyl (C=O) groups is 1. The van der Waals surface area contributed by atoms with Crippen molar-refractivity contribution < 1.29 is 19.4 Å². The minimum absolute atomic E-state index is 0.229. The molecule has 0 aliphatic heterocycles. The minimum atomic E-state index is -1.14. The van der Waals surface area contributed by atoms with Crippen molar-refractivity contribution in [3.05, 3.63) is 60.8 Å². The number of aromatic nitrogens is 2. The molecule has 9 heteroatoms. The number of nitrogens with one attached hydrogen (secondary N) is 1. The van der Waals surface area contributed by atoms with Crippen LogP contribution in [0.3, 0.4) is 0 Å². The molecule has 0 saturated heterocycles. The number of nitrogens with zero attached hydrogens (tertiary/aromatic N) is 4. The Morgan fingerprint density at radius 3 is 2.55 bits per heavy atom. The van der Waals surface area contributed by atoms with Crippen LogP contribution in [0.1, 0.15) is 0 Å². The summed E-state index contributed by atoms with van der Waals surface area (Å²) in [6.45, 7) is 1.32. The fourth-order valence-electron chi connectivity index (χ4n) is 2.78. The Bertz CT molecular complexity index is 1010. The lowest BCUT2D eigenvalue weighted by Crippen LogP contribution is -2.24. The van der Waals surface area contributed by atoms with Crippen molar-refractivity contribution in [1.29, 1.82) is 0 Å². The van der Waals surface area contributed by atoms with Crippen LogP contribution >= 0.6 is 0 Å². The second kappa shape index (κ2) is 10.3. The van der Waals surface area contributed by atoms with Gasteiger partial charge in [-0.05, 0) is 38.4 Å². The maximum atomic E-state index is 11.8. The molecule has 1 amide bonds. The van der Waals surface area contributed by atoms with Crippen molar-refractivity contribution in [3.8, 4) is 11.5 Å². The maximum Gasteiger partial charge on any atom is 0.417 e. The minimum Gasteiger partial charge on any atom is -0.493 e. The van der Waals surface area contributed by atoms with Crippen molar-refractivity contribution in [2.75, 3.05) is 44.6 Å². The molecule has 0 aliphatic carbocycles. The quantitative estimate of drug-likeness (QED) is 0.533. The molecule has 0 unspecified atom stereocenters. The van der Waals surface area contributed by atoms with Gasteiger partial charge in [-0.15, -0.1) is 0 Å². The van der Waals surface area contributed by atoms with E-state index in [2.05, 4.69) is 15.3 Å². The van der Waals surface area contributed by atoms with Crippen molar-refractivity contribution in [2.45, 2.75) is 0 Å². The highest BCUT2D eigenvalue weighted by molar-refractivity contribution is 5.93. The number of carboxylic acid groups (broad SMARTS) is 1. The van der Waals surface area contributed by atoms with Crippen LogP contribution in [-0.2, 0) is 0 Å². The molecule has 0 fully saturated rings.